The standard InChI is InChI=1S/C20H21N3O2/c1-15-7-9-16(10-8-15)12-21-22-20(25)18-11-19(24)23(14-18)13-17-5-3-2-4-6-17/h2-10,12,18H,11,13-14H2,1H3,(H,22,25)/b21-12+. The monoisotopic (exact) mass is 335 g/mol. The molecule has 2 amide bonds. The molecule has 25 heavy (non-hydrogen) atoms. The van der Waals surface area contributed by atoms with Gasteiger partial charge in [-0.25, -0.2) is 5.43 Å². The second-order valence-corrected chi connectivity index (χ2v) is 6.31. The van der Waals surface area contributed by atoms with Gasteiger partial charge in [-0.1, -0.05) is 60.2 Å². The first-order chi connectivity index (χ1) is 12.1. The number of hydrogen-bond acceptors (Lipinski definition) is 3. The molecule has 1 atom stereocenters. The lowest BCUT2D eigenvalue weighted by Gasteiger charge is -2.16. The molecule has 0 aromatic heterocycles. The Bertz CT molecular complexity index is 769. The van der Waals surface area contributed by atoms with Crippen LogP contribution in [0.1, 0.15) is 23.1 Å². The van der Waals surface area contributed by atoms with Gasteiger partial charge >= 0.3 is 0 Å². The third kappa shape index (κ3) is 4.53. The van der Waals surface area contributed by atoms with Crippen molar-refractivity contribution in [1.29, 1.82) is 0 Å². The molecule has 5 nitrogen and oxygen atoms in total. The molecule has 1 aliphatic heterocycles. The van der Waals surface area contributed by atoms with Gasteiger partial charge < -0.3 is 4.90 Å². The Morgan fingerprint density at radius 3 is 2.64 bits per heavy atom. The van der Waals surface area contributed by atoms with Gasteiger partial charge in [0.1, 0.15) is 0 Å². The zero-order valence-corrected chi connectivity index (χ0v) is 14.2. The van der Waals surface area contributed by atoms with Gasteiger partial charge in [0, 0.05) is 19.5 Å². The average Bonchev–Trinajstić information content (AvgIpc) is 2.98. The first kappa shape index (κ1) is 16.9. The van der Waals surface area contributed by atoms with Crippen LogP contribution in [-0.4, -0.2) is 29.5 Å². The summed E-state index contributed by atoms with van der Waals surface area (Å²) in [4.78, 5) is 26.1. The van der Waals surface area contributed by atoms with Crippen LogP contribution in [0, 0.1) is 12.8 Å². The molecule has 0 aliphatic carbocycles. The molecule has 1 saturated heterocycles. The van der Waals surface area contributed by atoms with Crippen LogP contribution in [0.3, 0.4) is 0 Å². The van der Waals surface area contributed by atoms with E-state index in [1.54, 1.807) is 11.1 Å². The molecule has 1 heterocycles. The first-order valence-electron chi connectivity index (χ1n) is 8.33. The SMILES string of the molecule is Cc1ccc(/C=N/NC(=O)C2CC(=O)N(Cc3ccccc3)C2)cc1. The Morgan fingerprint density at radius 2 is 1.92 bits per heavy atom. The largest absolute Gasteiger partial charge is 0.338 e. The first-order valence-corrected chi connectivity index (χ1v) is 8.33. The molecule has 1 aliphatic rings. The third-order valence-corrected chi connectivity index (χ3v) is 4.27. The molecule has 0 spiro atoms. The summed E-state index contributed by atoms with van der Waals surface area (Å²) in [5, 5.41) is 4.00. The minimum Gasteiger partial charge on any atom is -0.338 e. The fourth-order valence-corrected chi connectivity index (χ4v) is 2.82. The number of hydrazone groups is 1. The summed E-state index contributed by atoms with van der Waals surface area (Å²) in [6.07, 6.45) is 1.84. The number of aryl methyl sites for hydroxylation is 1. The molecule has 0 radical (unpaired) electrons. The lowest BCUT2D eigenvalue weighted by molar-refractivity contribution is -0.129. The van der Waals surface area contributed by atoms with Gasteiger partial charge in [-0.05, 0) is 18.1 Å². The van der Waals surface area contributed by atoms with Gasteiger partial charge in [0.15, 0.2) is 0 Å². The van der Waals surface area contributed by atoms with Crippen molar-refractivity contribution in [2.75, 3.05) is 6.54 Å². The van der Waals surface area contributed by atoms with E-state index < -0.39 is 0 Å². The Kier molecular flexibility index (Phi) is 5.23. The Morgan fingerprint density at radius 1 is 1.20 bits per heavy atom. The molecule has 0 saturated carbocycles. The fourth-order valence-electron chi connectivity index (χ4n) is 2.82. The van der Waals surface area contributed by atoms with Crippen LogP contribution in [0.4, 0.5) is 0 Å². The van der Waals surface area contributed by atoms with E-state index in [0.29, 0.717) is 13.1 Å². The second-order valence-electron chi connectivity index (χ2n) is 6.31. The lowest BCUT2D eigenvalue weighted by Crippen LogP contribution is -2.30. The topological polar surface area (TPSA) is 61.8 Å². The number of likely N-dealkylation sites (tertiary alicyclic amines) is 1. The number of hydrogen-bond donors (Lipinski definition) is 1. The van der Waals surface area contributed by atoms with E-state index in [9.17, 15) is 9.59 Å². The fraction of sp³-hybridized carbons (Fsp3) is 0.250. The molecular weight excluding hydrogens is 314 g/mol. The average molecular weight is 335 g/mol. The highest BCUT2D eigenvalue weighted by Gasteiger charge is 2.34. The zero-order valence-electron chi connectivity index (χ0n) is 14.2. The summed E-state index contributed by atoms with van der Waals surface area (Å²) < 4.78 is 0. The highest BCUT2D eigenvalue weighted by atomic mass is 16.2. The molecule has 5 heteroatoms. The van der Waals surface area contributed by atoms with Crippen LogP contribution in [0.5, 0.6) is 0 Å². The van der Waals surface area contributed by atoms with Gasteiger partial charge in [0.05, 0.1) is 12.1 Å². The van der Waals surface area contributed by atoms with Crippen LogP contribution in [-0.2, 0) is 16.1 Å². The molecule has 2 aromatic rings. The predicted octanol–water partition coefficient (Wildman–Crippen LogP) is 2.49. The number of carbonyl (C=O) groups excluding carboxylic acids is 2. The third-order valence-electron chi connectivity index (χ3n) is 4.27. The van der Waals surface area contributed by atoms with Crippen LogP contribution in [0.2, 0.25) is 0 Å². The van der Waals surface area contributed by atoms with Gasteiger partial charge in [-0.15, -0.1) is 0 Å². The summed E-state index contributed by atoms with van der Waals surface area (Å²) in [7, 11) is 0. The molecule has 1 unspecified atom stereocenters. The number of nitrogens with one attached hydrogen (secondary N) is 1. The van der Waals surface area contributed by atoms with Crippen LogP contribution >= 0.6 is 0 Å². The maximum absolute atomic E-state index is 12.2. The van der Waals surface area contributed by atoms with Crippen LogP contribution < -0.4 is 5.43 Å². The summed E-state index contributed by atoms with van der Waals surface area (Å²) in [6.45, 7) is 2.98. The Labute approximate surface area is 147 Å². The maximum Gasteiger partial charge on any atom is 0.245 e. The summed E-state index contributed by atoms with van der Waals surface area (Å²) in [5.74, 6) is -0.565. The van der Waals surface area contributed by atoms with Crippen molar-refractivity contribution in [2.45, 2.75) is 19.9 Å². The van der Waals surface area contributed by atoms with Crippen molar-refractivity contribution in [1.82, 2.24) is 10.3 Å². The summed E-state index contributed by atoms with van der Waals surface area (Å²) in [6, 6.07) is 17.6. The summed E-state index contributed by atoms with van der Waals surface area (Å²) >= 11 is 0. The molecule has 2 aromatic carbocycles. The summed E-state index contributed by atoms with van der Waals surface area (Å²) in [5.41, 5.74) is 5.69. The van der Waals surface area contributed by atoms with Crippen molar-refractivity contribution in [3.8, 4) is 0 Å². The van der Waals surface area contributed by atoms with E-state index in [1.165, 1.54) is 5.56 Å². The Balaban J connectivity index is 1.53. The van der Waals surface area contributed by atoms with E-state index in [0.717, 1.165) is 11.1 Å². The van der Waals surface area contributed by atoms with Crippen molar-refractivity contribution >= 4 is 18.0 Å². The maximum atomic E-state index is 12.2. The number of nitrogens with zero attached hydrogens (tertiary/aromatic N) is 2. The van der Waals surface area contributed by atoms with Crippen molar-refractivity contribution in [3.05, 3.63) is 71.3 Å². The molecule has 3 rings (SSSR count). The minimum absolute atomic E-state index is 0.00603. The van der Waals surface area contributed by atoms with Crippen LogP contribution in [0.15, 0.2) is 59.7 Å². The van der Waals surface area contributed by atoms with E-state index in [-0.39, 0.29) is 24.2 Å². The second kappa shape index (κ2) is 7.75. The van der Waals surface area contributed by atoms with E-state index in [4.69, 9.17) is 0 Å². The number of benzene rings is 2. The smallest absolute Gasteiger partial charge is 0.245 e. The van der Waals surface area contributed by atoms with E-state index in [1.807, 2.05) is 61.5 Å². The van der Waals surface area contributed by atoms with Gasteiger partial charge in [0.25, 0.3) is 0 Å². The molecule has 1 fully saturated rings. The van der Waals surface area contributed by atoms with Crippen molar-refractivity contribution < 1.29 is 9.59 Å². The van der Waals surface area contributed by atoms with Crippen molar-refractivity contribution in [3.63, 3.8) is 0 Å². The number of carbonyl (C=O) groups is 2. The van der Waals surface area contributed by atoms with Crippen molar-refractivity contribution in [2.24, 2.45) is 11.0 Å². The number of amides is 2. The van der Waals surface area contributed by atoms with Gasteiger partial charge in [-0.3, -0.25) is 9.59 Å². The highest BCUT2D eigenvalue weighted by molar-refractivity contribution is 5.90. The quantitative estimate of drug-likeness (QED) is 0.674. The van der Waals surface area contributed by atoms with Gasteiger partial charge in [0.2, 0.25) is 11.8 Å². The predicted molar refractivity (Wildman–Crippen MR) is 96.9 cm³/mol. The van der Waals surface area contributed by atoms with Crippen LogP contribution in [0.25, 0.3) is 0 Å². The molecule has 0 bridgehead atoms. The lowest BCUT2D eigenvalue weighted by atomic mass is 10.1. The van der Waals surface area contributed by atoms with E-state index >= 15 is 0 Å². The highest BCUT2D eigenvalue weighted by Crippen LogP contribution is 2.20. The minimum atomic E-state index is -0.355. The van der Waals surface area contributed by atoms with Gasteiger partial charge in [-0.2, -0.15) is 5.10 Å². The zero-order chi connectivity index (χ0) is 17.6. The molecule has 1 N–H and O–H groups in total. The molecular formula is C20H21N3O2. The number of rotatable bonds is 5. The molecule has 128 valence electrons. The normalized spacial score (nSPS) is 17.2. The van der Waals surface area contributed by atoms with E-state index in [2.05, 4.69) is 10.5 Å². The Hall–Kier alpha value is -2.95.